The van der Waals surface area contributed by atoms with Gasteiger partial charge in [0.15, 0.2) is 23.3 Å². The van der Waals surface area contributed by atoms with Gasteiger partial charge < -0.3 is 0 Å². The van der Waals surface area contributed by atoms with Gasteiger partial charge in [0.25, 0.3) is 0 Å². The summed E-state index contributed by atoms with van der Waals surface area (Å²) >= 11 is 1.87. The van der Waals surface area contributed by atoms with Crippen LogP contribution >= 0.6 is 11.8 Å². The zero-order chi connectivity index (χ0) is 35.1. The average Bonchev–Trinajstić information content (AvgIpc) is 3.63. The molecule has 8 aromatic rings. The lowest BCUT2D eigenvalue weighted by Crippen LogP contribution is -2.15. The Morgan fingerprint density at radius 2 is 1.08 bits per heavy atom. The smallest absolute Gasteiger partial charge is 0.164 e. The molecular formula is C47H31N5S. The van der Waals surface area contributed by atoms with Crippen molar-refractivity contribution in [3.8, 4) is 56.5 Å². The second-order valence-electron chi connectivity index (χ2n) is 13.2. The summed E-state index contributed by atoms with van der Waals surface area (Å²) in [7, 11) is 0. The van der Waals surface area contributed by atoms with Crippen LogP contribution in [0, 0.1) is 0 Å². The molecule has 6 aromatic carbocycles. The van der Waals surface area contributed by atoms with E-state index in [4.69, 9.17) is 24.9 Å². The minimum absolute atomic E-state index is 0.0449. The molecule has 0 radical (unpaired) electrons. The Morgan fingerprint density at radius 3 is 1.87 bits per heavy atom. The van der Waals surface area contributed by atoms with Gasteiger partial charge in [0.2, 0.25) is 0 Å². The Bertz CT molecular complexity index is 2710. The molecule has 0 saturated carbocycles. The van der Waals surface area contributed by atoms with E-state index in [1.165, 1.54) is 10.5 Å². The Hall–Kier alpha value is -6.50. The minimum atomic E-state index is 0.0449. The van der Waals surface area contributed by atoms with Gasteiger partial charge in [0.05, 0.1) is 11.2 Å². The molecule has 1 aliphatic carbocycles. The molecule has 2 unspecified atom stereocenters. The monoisotopic (exact) mass is 697 g/mol. The number of hydrogen-bond donors (Lipinski definition) is 0. The van der Waals surface area contributed by atoms with Gasteiger partial charge in [-0.15, -0.1) is 11.8 Å². The van der Waals surface area contributed by atoms with Crippen LogP contribution in [0.5, 0.6) is 0 Å². The summed E-state index contributed by atoms with van der Waals surface area (Å²) in [6.07, 6.45) is 6.62. The number of rotatable bonds is 6. The van der Waals surface area contributed by atoms with Crippen LogP contribution in [0.2, 0.25) is 0 Å². The number of hydrogen-bond acceptors (Lipinski definition) is 6. The highest BCUT2D eigenvalue weighted by Gasteiger charge is 2.39. The van der Waals surface area contributed by atoms with E-state index >= 15 is 0 Å². The van der Waals surface area contributed by atoms with Crippen LogP contribution in [0.4, 0.5) is 0 Å². The first-order chi connectivity index (χ1) is 26.3. The summed E-state index contributed by atoms with van der Waals surface area (Å²) in [6, 6.07) is 54.2. The molecule has 0 fully saturated rings. The predicted octanol–water partition coefficient (Wildman–Crippen LogP) is 11.4. The van der Waals surface area contributed by atoms with Crippen molar-refractivity contribution in [2.45, 2.75) is 16.1 Å². The maximum Gasteiger partial charge on any atom is 0.164 e. The van der Waals surface area contributed by atoms with Crippen molar-refractivity contribution in [3.63, 3.8) is 0 Å². The van der Waals surface area contributed by atoms with E-state index in [-0.39, 0.29) is 11.2 Å². The first-order valence-corrected chi connectivity index (χ1v) is 18.6. The van der Waals surface area contributed by atoms with Gasteiger partial charge in [-0.1, -0.05) is 164 Å². The van der Waals surface area contributed by atoms with Crippen LogP contribution in [0.25, 0.3) is 73.0 Å². The van der Waals surface area contributed by atoms with Crippen LogP contribution in [0.3, 0.4) is 0 Å². The van der Waals surface area contributed by atoms with Crippen LogP contribution in [-0.2, 0) is 0 Å². The van der Waals surface area contributed by atoms with Gasteiger partial charge in [-0.2, -0.15) is 0 Å². The third kappa shape index (κ3) is 5.74. The molecule has 10 rings (SSSR count). The SMILES string of the molecule is C1=CC2Sc3c(-c4nc(-c5ccccc5)c5ccccc5n4)cccc3C2C(c2nc(-c3ccccc3)nc(-c3cccc(-c4ccccc4)c3)n2)=C1. The fourth-order valence-electron chi connectivity index (χ4n) is 7.40. The number of nitrogens with zero attached hydrogens (tertiary/aromatic N) is 5. The Balaban J connectivity index is 1.10. The summed E-state index contributed by atoms with van der Waals surface area (Å²) in [4.78, 5) is 27.0. The Labute approximate surface area is 311 Å². The van der Waals surface area contributed by atoms with Crippen LogP contribution < -0.4 is 0 Å². The Morgan fingerprint density at radius 1 is 0.453 bits per heavy atom. The molecular weight excluding hydrogens is 667 g/mol. The van der Waals surface area contributed by atoms with E-state index in [2.05, 4.69) is 140 Å². The predicted molar refractivity (Wildman–Crippen MR) is 216 cm³/mol. The summed E-state index contributed by atoms with van der Waals surface area (Å²) < 4.78 is 0. The average molecular weight is 698 g/mol. The van der Waals surface area contributed by atoms with Crippen LogP contribution in [0.1, 0.15) is 17.3 Å². The number of aromatic nitrogens is 5. The number of thioether (sulfide) groups is 1. The molecule has 0 amide bonds. The normalized spacial score (nSPS) is 15.9. The van der Waals surface area contributed by atoms with Crippen molar-refractivity contribution in [1.29, 1.82) is 0 Å². The van der Waals surface area contributed by atoms with Gasteiger partial charge in [0, 0.05) is 49.3 Å². The maximum absolute atomic E-state index is 5.24. The maximum atomic E-state index is 5.24. The quantitative estimate of drug-likeness (QED) is 0.172. The van der Waals surface area contributed by atoms with Crippen molar-refractivity contribution < 1.29 is 0 Å². The molecule has 5 nitrogen and oxygen atoms in total. The lowest BCUT2D eigenvalue weighted by atomic mass is 9.84. The van der Waals surface area contributed by atoms with Gasteiger partial charge in [-0.25, -0.2) is 24.9 Å². The first kappa shape index (κ1) is 31.3. The summed E-state index contributed by atoms with van der Waals surface area (Å²) in [5.74, 6) is 2.76. The van der Waals surface area contributed by atoms with E-state index in [1.807, 2.05) is 48.2 Å². The zero-order valence-electron chi connectivity index (χ0n) is 28.5. The number of fused-ring (bicyclic) bond motifs is 4. The molecule has 2 atom stereocenters. The largest absolute Gasteiger partial charge is 0.228 e. The van der Waals surface area contributed by atoms with Crippen molar-refractivity contribution in [3.05, 3.63) is 187 Å². The van der Waals surface area contributed by atoms with Crippen molar-refractivity contribution in [2.75, 3.05) is 0 Å². The lowest BCUT2D eigenvalue weighted by Gasteiger charge is -2.23. The highest BCUT2D eigenvalue weighted by molar-refractivity contribution is 8.00. The molecule has 6 heteroatoms. The molecule has 0 N–H and O–H groups in total. The lowest BCUT2D eigenvalue weighted by molar-refractivity contribution is 0.876. The standard InChI is InChI=1S/C47H31N5S/c1-4-15-30(16-5-1)33-21-12-22-34(29-33)45-50-44(32-19-8-3-9-20-32)51-46(52-45)37-25-14-28-40-41(37)36-24-13-26-38(43(36)53-40)47-48-39-27-11-10-23-35(39)42(49-47)31-17-6-2-7-18-31/h1-29,40-41H. The van der Waals surface area contributed by atoms with Gasteiger partial charge >= 0.3 is 0 Å². The summed E-state index contributed by atoms with van der Waals surface area (Å²) in [6.45, 7) is 0. The highest BCUT2D eigenvalue weighted by atomic mass is 32.2. The van der Waals surface area contributed by atoms with Gasteiger partial charge in [-0.05, 0) is 28.8 Å². The zero-order valence-corrected chi connectivity index (χ0v) is 29.4. The van der Waals surface area contributed by atoms with Gasteiger partial charge in [0.1, 0.15) is 0 Å². The van der Waals surface area contributed by atoms with E-state index < -0.39 is 0 Å². The molecule has 2 aromatic heterocycles. The van der Waals surface area contributed by atoms with E-state index in [0.29, 0.717) is 17.5 Å². The number of para-hydroxylation sites is 1. The topological polar surface area (TPSA) is 64.5 Å². The van der Waals surface area contributed by atoms with E-state index in [0.717, 1.165) is 61.4 Å². The molecule has 1 aliphatic heterocycles. The third-order valence-corrected chi connectivity index (χ3v) is 11.3. The number of benzene rings is 6. The van der Waals surface area contributed by atoms with Crippen LogP contribution in [0.15, 0.2) is 181 Å². The number of allylic oxidation sites excluding steroid dienone is 3. The van der Waals surface area contributed by atoms with E-state index in [1.54, 1.807) is 0 Å². The molecule has 0 saturated heterocycles. The Kier molecular flexibility index (Phi) is 7.81. The highest BCUT2D eigenvalue weighted by Crippen LogP contribution is 2.55. The second kappa shape index (κ2) is 13.2. The van der Waals surface area contributed by atoms with E-state index in [9.17, 15) is 0 Å². The summed E-state index contributed by atoms with van der Waals surface area (Å²) in [5, 5.41) is 1.21. The molecule has 250 valence electrons. The molecule has 0 spiro atoms. The molecule has 3 heterocycles. The van der Waals surface area contributed by atoms with Gasteiger partial charge in [-0.3, -0.25) is 0 Å². The first-order valence-electron chi connectivity index (χ1n) is 17.8. The molecule has 53 heavy (non-hydrogen) atoms. The summed E-state index contributed by atoms with van der Waals surface area (Å²) in [5.41, 5.74) is 10.5. The fraction of sp³-hybridized carbons (Fsp3) is 0.0426. The molecule has 2 aliphatic rings. The minimum Gasteiger partial charge on any atom is -0.228 e. The van der Waals surface area contributed by atoms with Crippen LogP contribution in [-0.4, -0.2) is 30.2 Å². The van der Waals surface area contributed by atoms with Crippen molar-refractivity contribution >= 4 is 28.2 Å². The van der Waals surface area contributed by atoms with Crippen molar-refractivity contribution in [2.24, 2.45) is 0 Å². The second-order valence-corrected chi connectivity index (χ2v) is 14.4. The third-order valence-electron chi connectivity index (χ3n) is 9.92. The fourth-order valence-corrected chi connectivity index (χ4v) is 8.89. The van der Waals surface area contributed by atoms with Crippen molar-refractivity contribution in [1.82, 2.24) is 24.9 Å². The molecule has 0 bridgehead atoms.